The minimum Gasteiger partial charge on any atom is -0.497 e. The topological polar surface area (TPSA) is 58.6 Å². The van der Waals surface area contributed by atoms with Gasteiger partial charge < -0.3 is 10.1 Å². The van der Waals surface area contributed by atoms with Gasteiger partial charge in [-0.15, -0.1) is 23.4 Å². The summed E-state index contributed by atoms with van der Waals surface area (Å²) in [6.07, 6.45) is 0. The molecule has 3 rings (SSSR count). The van der Waals surface area contributed by atoms with Crippen molar-refractivity contribution in [2.45, 2.75) is 5.37 Å². The second-order valence-corrected chi connectivity index (χ2v) is 6.77. The van der Waals surface area contributed by atoms with Gasteiger partial charge >= 0.3 is 0 Å². The van der Waals surface area contributed by atoms with Crippen LogP contribution < -0.4 is 15.0 Å². The van der Waals surface area contributed by atoms with E-state index in [1.807, 2.05) is 42.5 Å². The van der Waals surface area contributed by atoms with Crippen LogP contribution in [0.5, 0.6) is 5.75 Å². The number of nitrogens with zero attached hydrogens (tertiary/aromatic N) is 1. The van der Waals surface area contributed by atoms with Gasteiger partial charge in [-0.05, 0) is 29.8 Å². The summed E-state index contributed by atoms with van der Waals surface area (Å²) in [7, 11) is 1.60. The Morgan fingerprint density at radius 1 is 1.32 bits per heavy atom. The average Bonchev–Trinajstić information content (AvgIpc) is 3.03. The maximum absolute atomic E-state index is 12.4. The van der Waals surface area contributed by atoms with Crippen LogP contribution in [0.1, 0.15) is 10.9 Å². The summed E-state index contributed by atoms with van der Waals surface area (Å²) in [5.41, 5.74) is 2.38. The molecule has 0 spiro atoms. The van der Waals surface area contributed by atoms with Gasteiger partial charge in [-0.25, -0.2) is 0 Å². The summed E-state index contributed by atoms with van der Waals surface area (Å²) >= 11 is 7.09. The van der Waals surface area contributed by atoms with Gasteiger partial charge in [0.15, 0.2) is 0 Å². The maximum Gasteiger partial charge on any atom is 0.239 e. The summed E-state index contributed by atoms with van der Waals surface area (Å²) < 4.78 is 5.26. The molecule has 7 heteroatoms. The van der Waals surface area contributed by atoms with Crippen LogP contribution in [-0.2, 0) is 9.59 Å². The van der Waals surface area contributed by atoms with Gasteiger partial charge in [0.1, 0.15) is 17.0 Å². The zero-order valence-corrected chi connectivity index (χ0v) is 15.1. The molecule has 0 saturated carbocycles. The molecule has 1 aliphatic heterocycles. The van der Waals surface area contributed by atoms with Crippen molar-refractivity contribution in [1.82, 2.24) is 0 Å². The minimum atomic E-state index is -0.265. The third-order valence-corrected chi connectivity index (χ3v) is 5.23. The molecule has 0 aliphatic carbocycles. The molecule has 1 aliphatic rings. The third-order valence-electron chi connectivity index (χ3n) is 3.78. The van der Waals surface area contributed by atoms with E-state index in [1.165, 1.54) is 0 Å². The fourth-order valence-corrected chi connectivity index (χ4v) is 3.91. The van der Waals surface area contributed by atoms with Gasteiger partial charge in [-0.2, -0.15) is 0 Å². The Hall–Kier alpha value is -2.18. The van der Waals surface area contributed by atoms with Crippen LogP contribution in [0.3, 0.4) is 0 Å². The van der Waals surface area contributed by atoms with Crippen LogP contribution in [0.2, 0.25) is 0 Å². The quantitative estimate of drug-likeness (QED) is 0.809. The molecular formula is C18H17ClN2O3S. The Bertz CT molecular complexity index is 799. The molecule has 25 heavy (non-hydrogen) atoms. The number of anilines is 2. The summed E-state index contributed by atoms with van der Waals surface area (Å²) in [6, 6.07) is 14.9. The highest BCUT2D eigenvalue weighted by atomic mass is 35.5. The summed E-state index contributed by atoms with van der Waals surface area (Å²) in [6.45, 7) is 0. The molecule has 1 fully saturated rings. The highest BCUT2D eigenvalue weighted by Gasteiger charge is 2.34. The fraction of sp³-hybridized carbons (Fsp3) is 0.222. The molecule has 2 aromatic rings. The zero-order chi connectivity index (χ0) is 17.8. The smallest absolute Gasteiger partial charge is 0.239 e. The first-order valence-electron chi connectivity index (χ1n) is 7.66. The summed E-state index contributed by atoms with van der Waals surface area (Å²) in [5, 5.41) is 2.58. The second kappa shape index (κ2) is 7.80. The Morgan fingerprint density at radius 2 is 2.12 bits per heavy atom. The lowest BCUT2D eigenvalue weighted by Crippen LogP contribution is -2.27. The molecule has 0 bridgehead atoms. The van der Waals surface area contributed by atoms with E-state index in [0.29, 0.717) is 17.2 Å². The first-order valence-corrected chi connectivity index (χ1v) is 9.24. The number of alkyl halides is 1. The second-order valence-electron chi connectivity index (χ2n) is 5.44. The van der Waals surface area contributed by atoms with Crippen molar-refractivity contribution < 1.29 is 14.3 Å². The van der Waals surface area contributed by atoms with Crippen LogP contribution >= 0.6 is 23.4 Å². The molecule has 5 nitrogen and oxygen atoms in total. The standard InChI is InChI=1S/C18H17ClN2O3S/c1-24-15-7-3-6-14(9-15)21-17(23)11-25-18(21)12-4-2-5-13(8-12)20-16(22)10-19/h2-9,18H,10-11H2,1H3,(H,20,22)/t18-/m0/s1. The van der Waals surface area contributed by atoms with E-state index < -0.39 is 0 Å². The van der Waals surface area contributed by atoms with Gasteiger partial charge in [-0.3, -0.25) is 14.5 Å². The number of ether oxygens (including phenoxy) is 1. The van der Waals surface area contributed by atoms with E-state index in [4.69, 9.17) is 16.3 Å². The predicted octanol–water partition coefficient (Wildman–Crippen LogP) is 3.65. The summed E-state index contributed by atoms with van der Waals surface area (Å²) in [5.74, 6) is 0.776. The van der Waals surface area contributed by atoms with Crippen molar-refractivity contribution >= 4 is 46.6 Å². The van der Waals surface area contributed by atoms with Crippen molar-refractivity contribution in [3.05, 3.63) is 54.1 Å². The molecule has 1 heterocycles. The molecule has 1 saturated heterocycles. The zero-order valence-electron chi connectivity index (χ0n) is 13.6. The van der Waals surface area contributed by atoms with Crippen molar-refractivity contribution in [2.75, 3.05) is 29.0 Å². The minimum absolute atomic E-state index is 0.0402. The van der Waals surface area contributed by atoms with Gasteiger partial charge in [0.2, 0.25) is 11.8 Å². The number of carbonyl (C=O) groups is 2. The van der Waals surface area contributed by atoms with E-state index in [-0.39, 0.29) is 23.1 Å². The van der Waals surface area contributed by atoms with E-state index in [9.17, 15) is 9.59 Å². The number of nitrogens with one attached hydrogen (secondary N) is 1. The molecule has 0 aromatic heterocycles. The lowest BCUT2D eigenvalue weighted by Gasteiger charge is -2.25. The van der Waals surface area contributed by atoms with Crippen LogP contribution in [0.15, 0.2) is 48.5 Å². The lowest BCUT2D eigenvalue weighted by atomic mass is 10.1. The first-order chi connectivity index (χ1) is 12.1. The number of amides is 2. The molecule has 2 aromatic carbocycles. The third kappa shape index (κ3) is 3.91. The number of hydrogen-bond acceptors (Lipinski definition) is 4. The van der Waals surface area contributed by atoms with E-state index in [0.717, 1.165) is 11.3 Å². The first kappa shape index (κ1) is 17.6. The Balaban J connectivity index is 1.91. The van der Waals surface area contributed by atoms with E-state index >= 15 is 0 Å². The van der Waals surface area contributed by atoms with Crippen molar-refractivity contribution in [3.63, 3.8) is 0 Å². The highest BCUT2D eigenvalue weighted by molar-refractivity contribution is 8.00. The highest BCUT2D eigenvalue weighted by Crippen LogP contribution is 2.42. The molecule has 0 radical (unpaired) electrons. The van der Waals surface area contributed by atoms with Crippen LogP contribution in [0.4, 0.5) is 11.4 Å². The number of rotatable bonds is 5. The SMILES string of the molecule is COc1cccc(N2C(=O)CS[C@H]2c2cccc(NC(=O)CCl)c2)c1. The number of carbonyl (C=O) groups excluding carboxylic acids is 2. The van der Waals surface area contributed by atoms with Crippen LogP contribution in [-0.4, -0.2) is 30.6 Å². The molecular weight excluding hydrogens is 360 g/mol. The number of halogens is 1. The molecule has 130 valence electrons. The predicted molar refractivity (Wildman–Crippen MR) is 101 cm³/mol. The lowest BCUT2D eigenvalue weighted by molar-refractivity contribution is -0.116. The monoisotopic (exact) mass is 376 g/mol. The van der Waals surface area contributed by atoms with Crippen molar-refractivity contribution in [3.8, 4) is 5.75 Å². The van der Waals surface area contributed by atoms with Crippen molar-refractivity contribution in [1.29, 1.82) is 0 Å². The van der Waals surface area contributed by atoms with Gasteiger partial charge in [0.25, 0.3) is 0 Å². The average molecular weight is 377 g/mol. The molecule has 0 unspecified atom stereocenters. The number of benzene rings is 2. The van der Waals surface area contributed by atoms with Crippen LogP contribution in [0, 0.1) is 0 Å². The number of hydrogen-bond donors (Lipinski definition) is 1. The largest absolute Gasteiger partial charge is 0.497 e. The van der Waals surface area contributed by atoms with E-state index in [2.05, 4.69) is 5.32 Å². The van der Waals surface area contributed by atoms with Crippen molar-refractivity contribution in [2.24, 2.45) is 0 Å². The van der Waals surface area contributed by atoms with Gasteiger partial charge in [0, 0.05) is 17.4 Å². The normalized spacial score (nSPS) is 16.8. The van der Waals surface area contributed by atoms with Gasteiger partial charge in [-0.1, -0.05) is 18.2 Å². The maximum atomic E-state index is 12.4. The summed E-state index contributed by atoms with van der Waals surface area (Å²) in [4.78, 5) is 25.7. The number of methoxy groups -OCH3 is 1. The molecule has 1 atom stereocenters. The number of thioether (sulfide) groups is 1. The Kier molecular flexibility index (Phi) is 5.50. The Labute approximate surface area is 155 Å². The Morgan fingerprint density at radius 3 is 2.88 bits per heavy atom. The molecule has 1 N–H and O–H groups in total. The van der Waals surface area contributed by atoms with E-state index in [1.54, 1.807) is 29.8 Å². The molecule has 2 amide bonds. The van der Waals surface area contributed by atoms with Crippen LogP contribution in [0.25, 0.3) is 0 Å². The fourth-order valence-electron chi connectivity index (χ4n) is 2.67. The van der Waals surface area contributed by atoms with Gasteiger partial charge in [0.05, 0.1) is 12.9 Å².